The number of hydrogen-bond donors (Lipinski definition) is 1. The van der Waals surface area contributed by atoms with E-state index in [0.717, 1.165) is 11.1 Å². The van der Waals surface area contributed by atoms with E-state index in [0.29, 0.717) is 12.1 Å². The molecule has 1 aliphatic heterocycles. The maximum Gasteiger partial charge on any atom is 0.145 e. The minimum atomic E-state index is 0.550. The molecule has 2 radical (unpaired) electrons. The van der Waals surface area contributed by atoms with E-state index in [1.807, 2.05) is 30.2 Å². The first kappa shape index (κ1) is 7.14. The molecule has 12 heavy (non-hydrogen) atoms. The monoisotopic (exact) mass is 157 g/mol. The van der Waals surface area contributed by atoms with E-state index in [9.17, 15) is 4.79 Å². The fourth-order valence-electron chi connectivity index (χ4n) is 1.24. The van der Waals surface area contributed by atoms with Crippen LogP contribution in [0.1, 0.15) is 11.1 Å². The highest BCUT2D eigenvalue weighted by atomic mass is 16.1. The van der Waals surface area contributed by atoms with Gasteiger partial charge in [-0.3, -0.25) is 0 Å². The molecule has 1 aromatic carbocycles. The van der Waals surface area contributed by atoms with Crippen LogP contribution in [0.25, 0.3) is 0 Å². The molecule has 0 amide bonds. The number of benzene rings is 1. The molecule has 0 fully saturated rings. The van der Waals surface area contributed by atoms with E-state index in [4.69, 9.17) is 0 Å². The third-order valence-corrected chi connectivity index (χ3v) is 1.86. The summed E-state index contributed by atoms with van der Waals surface area (Å²) in [6.07, 6.45) is 0.632. The molecule has 0 spiro atoms. The van der Waals surface area contributed by atoms with E-state index >= 15 is 0 Å². The molecule has 2 rings (SSSR count). The van der Waals surface area contributed by atoms with Gasteiger partial charge in [-0.25, -0.2) is 4.79 Å². The highest BCUT2D eigenvalue weighted by Gasteiger charge is 2.12. The topological polar surface area (TPSA) is 29.1 Å². The Hall–Kier alpha value is -1.53. The zero-order valence-corrected chi connectivity index (χ0v) is 6.42. The van der Waals surface area contributed by atoms with Gasteiger partial charge < -0.3 is 5.32 Å². The molecule has 58 valence electrons. The first-order chi connectivity index (χ1) is 5.90. The summed E-state index contributed by atoms with van der Waals surface area (Å²) >= 11 is 0. The second-order valence-electron chi connectivity index (χ2n) is 2.66. The fraction of sp³-hybridized carbons (Fsp3) is 0.100. The summed E-state index contributed by atoms with van der Waals surface area (Å²) in [4.78, 5) is 10.3. The number of fused-ring (bicyclic) bond motifs is 1. The number of nitrogens with one attached hydrogen (secondary N) is 1. The van der Waals surface area contributed by atoms with Crippen LogP contribution in [0.2, 0.25) is 0 Å². The average Bonchev–Trinajstić information content (AvgIpc) is 2.17. The molecule has 0 aliphatic carbocycles. The van der Waals surface area contributed by atoms with Crippen molar-refractivity contribution in [2.75, 3.05) is 0 Å². The summed E-state index contributed by atoms with van der Waals surface area (Å²) in [6.45, 7) is 2.91. The van der Waals surface area contributed by atoms with Gasteiger partial charge in [0.2, 0.25) is 0 Å². The SMILES string of the molecule is O=C=C1Cc2ccccc2[C]N1. The van der Waals surface area contributed by atoms with Crippen LogP contribution in [0.4, 0.5) is 0 Å². The van der Waals surface area contributed by atoms with Gasteiger partial charge in [0.05, 0.1) is 0 Å². The summed E-state index contributed by atoms with van der Waals surface area (Å²) in [6, 6.07) is 7.85. The van der Waals surface area contributed by atoms with Gasteiger partial charge in [0.15, 0.2) is 0 Å². The van der Waals surface area contributed by atoms with E-state index in [1.54, 1.807) is 0 Å². The normalized spacial score (nSPS) is 14.5. The molecule has 0 atom stereocenters. The van der Waals surface area contributed by atoms with Crippen molar-refractivity contribution in [3.05, 3.63) is 47.6 Å². The largest absolute Gasteiger partial charge is 0.365 e. The lowest BCUT2D eigenvalue weighted by molar-refractivity contribution is 0.564. The van der Waals surface area contributed by atoms with Crippen LogP contribution < -0.4 is 5.32 Å². The molecular weight excluding hydrogens is 150 g/mol. The first-order valence-corrected chi connectivity index (χ1v) is 3.74. The highest BCUT2D eigenvalue weighted by molar-refractivity contribution is 5.56. The molecule has 0 saturated carbocycles. The third-order valence-electron chi connectivity index (χ3n) is 1.86. The number of hydrogen-bond acceptors (Lipinski definition) is 2. The molecule has 0 aromatic heterocycles. The van der Waals surface area contributed by atoms with Crippen LogP contribution in [-0.2, 0) is 11.2 Å². The van der Waals surface area contributed by atoms with Crippen molar-refractivity contribution in [2.45, 2.75) is 6.42 Å². The van der Waals surface area contributed by atoms with Crippen molar-refractivity contribution in [2.24, 2.45) is 0 Å². The maximum atomic E-state index is 10.3. The van der Waals surface area contributed by atoms with Gasteiger partial charge in [0.25, 0.3) is 0 Å². The minimum absolute atomic E-state index is 0.550. The second kappa shape index (κ2) is 2.84. The molecule has 0 bridgehead atoms. The lowest BCUT2D eigenvalue weighted by Gasteiger charge is -2.16. The van der Waals surface area contributed by atoms with Crippen molar-refractivity contribution >= 4 is 5.94 Å². The first-order valence-electron chi connectivity index (χ1n) is 3.74. The lowest BCUT2D eigenvalue weighted by atomic mass is 10.00. The summed E-state index contributed by atoms with van der Waals surface area (Å²) in [5, 5.41) is 2.77. The Morgan fingerprint density at radius 2 is 2.25 bits per heavy atom. The lowest BCUT2D eigenvalue weighted by Crippen LogP contribution is -2.19. The van der Waals surface area contributed by atoms with E-state index in [1.165, 1.54) is 0 Å². The van der Waals surface area contributed by atoms with Gasteiger partial charge >= 0.3 is 0 Å². The smallest absolute Gasteiger partial charge is 0.145 e. The molecule has 1 aromatic rings. The molecule has 0 saturated heterocycles. The molecule has 0 unspecified atom stereocenters. The summed E-state index contributed by atoms with van der Waals surface area (Å²) in [5.41, 5.74) is 2.69. The minimum Gasteiger partial charge on any atom is -0.365 e. The fourth-order valence-corrected chi connectivity index (χ4v) is 1.24. The zero-order valence-electron chi connectivity index (χ0n) is 6.42. The van der Waals surface area contributed by atoms with Crippen LogP contribution in [-0.4, -0.2) is 5.94 Å². The Bertz CT molecular complexity index is 351. The molecule has 2 heteroatoms. The second-order valence-corrected chi connectivity index (χ2v) is 2.66. The van der Waals surface area contributed by atoms with E-state index in [2.05, 4.69) is 11.9 Å². The summed E-state index contributed by atoms with van der Waals surface area (Å²) in [5.74, 6) is 1.84. The average molecular weight is 157 g/mol. The van der Waals surface area contributed by atoms with Crippen LogP contribution in [0.3, 0.4) is 0 Å². The van der Waals surface area contributed by atoms with Gasteiger partial charge in [-0.2, -0.15) is 0 Å². The third kappa shape index (κ3) is 1.13. The van der Waals surface area contributed by atoms with Crippen molar-refractivity contribution in [1.82, 2.24) is 5.32 Å². The Morgan fingerprint density at radius 3 is 3.08 bits per heavy atom. The quantitative estimate of drug-likeness (QED) is 0.568. The molecule has 1 aliphatic rings. The van der Waals surface area contributed by atoms with Gasteiger partial charge in [0, 0.05) is 6.42 Å². The van der Waals surface area contributed by atoms with Crippen molar-refractivity contribution in [3.8, 4) is 0 Å². The van der Waals surface area contributed by atoms with Crippen LogP contribution in [0, 0.1) is 6.54 Å². The Kier molecular flexibility index (Phi) is 1.69. The van der Waals surface area contributed by atoms with Crippen molar-refractivity contribution in [1.29, 1.82) is 0 Å². The van der Waals surface area contributed by atoms with Gasteiger partial charge in [0.1, 0.15) is 18.2 Å². The number of carbonyl (C=O) groups excluding carboxylic acids is 1. The van der Waals surface area contributed by atoms with E-state index < -0.39 is 0 Å². The predicted molar refractivity (Wildman–Crippen MR) is 44.8 cm³/mol. The molecule has 1 N–H and O–H groups in total. The predicted octanol–water partition coefficient (Wildman–Crippen LogP) is 0.935. The Morgan fingerprint density at radius 1 is 1.42 bits per heavy atom. The molecule has 2 nitrogen and oxygen atoms in total. The van der Waals surface area contributed by atoms with Gasteiger partial charge in [-0.05, 0) is 11.1 Å². The summed E-state index contributed by atoms with van der Waals surface area (Å²) in [7, 11) is 0. The Balaban J connectivity index is 2.41. The number of allylic oxidation sites excluding steroid dienone is 1. The maximum absolute atomic E-state index is 10.3. The molecule has 1 heterocycles. The van der Waals surface area contributed by atoms with Crippen molar-refractivity contribution in [3.63, 3.8) is 0 Å². The van der Waals surface area contributed by atoms with E-state index in [-0.39, 0.29) is 0 Å². The Labute approximate surface area is 70.9 Å². The van der Waals surface area contributed by atoms with Crippen molar-refractivity contribution < 1.29 is 4.79 Å². The number of rotatable bonds is 0. The van der Waals surface area contributed by atoms with Gasteiger partial charge in [-0.1, -0.05) is 24.3 Å². The zero-order chi connectivity index (χ0) is 8.39. The van der Waals surface area contributed by atoms with Crippen LogP contribution in [0.5, 0.6) is 0 Å². The standard InChI is InChI=1S/C10H7NO/c12-7-10-5-8-3-1-2-4-9(8)6-11-10/h1-4,11H,5H2. The van der Waals surface area contributed by atoms with Gasteiger partial charge in [-0.15, -0.1) is 0 Å². The summed E-state index contributed by atoms with van der Waals surface area (Å²) < 4.78 is 0. The highest BCUT2D eigenvalue weighted by Crippen LogP contribution is 2.17. The van der Waals surface area contributed by atoms with Crippen LogP contribution >= 0.6 is 0 Å². The van der Waals surface area contributed by atoms with Crippen LogP contribution in [0.15, 0.2) is 30.0 Å². The molecular formula is C10H7NO.